The number of nitrogens with zero attached hydrogens (tertiary/aromatic N) is 2. The highest BCUT2D eigenvalue weighted by molar-refractivity contribution is 6.08. The van der Waals surface area contributed by atoms with Crippen molar-refractivity contribution in [2.75, 3.05) is 20.2 Å². The molecule has 1 saturated heterocycles. The van der Waals surface area contributed by atoms with Crippen molar-refractivity contribution in [3.63, 3.8) is 0 Å². The van der Waals surface area contributed by atoms with Gasteiger partial charge in [-0.2, -0.15) is 0 Å². The fourth-order valence-corrected chi connectivity index (χ4v) is 4.06. The zero-order valence-electron chi connectivity index (χ0n) is 14.3. The second-order valence-corrected chi connectivity index (χ2v) is 7.16. The lowest BCUT2D eigenvalue weighted by atomic mass is 9.81. The summed E-state index contributed by atoms with van der Waals surface area (Å²) in [7, 11) is 1.67. The van der Waals surface area contributed by atoms with Crippen molar-refractivity contribution in [1.82, 2.24) is 9.80 Å². The number of rotatable bonds is 4. The monoisotopic (exact) mass is 334 g/mol. The van der Waals surface area contributed by atoms with Gasteiger partial charge in [0.25, 0.3) is 5.91 Å². The summed E-state index contributed by atoms with van der Waals surface area (Å²) in [5.41, 5.74) is -0.732. The predicted octanol–water partition coefficient (Wildman–Crippen LogP) is 2.48. The Morgan fingerprint density at radius 1 is 1.25 bits per heavy atom. The maximum Gasteiger partial charge on any atom is 0.327 e. The quantitative estimate of drug-likeness (QED) is 0.450. The van der Waals surface area contributed by atoms with Gasteiger partial charge in [0.05, 0.1) is 6.61 Å². The van der Waals surface area contributed by atoms with E-state index in [0.717, 1.165) is 43.4 Å². The smallest absolute Gasteiger partial charge is 0.327 e. The van der Waals surface area contributed by atoms with Crippen LogP contribution in [0.25, 0.3) is 0 Å². The minimum Gasteiger partial charge on any atom is -0.464 e. The molecule has 1 unspecified atom stereocenters. The Morgan fingerprint density at radius 2 is 2.00 bits per heavy atom. The van der Waals surface area contributed by atoms with Gasteiger partial charge in [0.15, 0.2) is 0 Å². The molecule has 2 fully saturated rings. The first-order valence-corrected chi connectivity index (χ1v) is 8.95. The van der Waals surface area contributed by atoms with Crippen LogP contribution in [0.4, 0.5) is 4.79 Å². The Bertz CT molecular complexity index is 551. The lowest BCUT2D eigenvalue weighted by Crippen LogP contribution is -2.49. The summed E-state index contributed by atoms with van der Waals surface area (Å²) in [5.74, 6) is -0.379. The average Bonchev–Trinajstić information content (AvgIpc) is 2.78. The van der Waals surface area contributed by atoms with Gasteiger partial charge in [-0.3, -0.25) is 14.5 Å². The highest BCUT2D eigenvalue weighted by Crippen LogP contribution is 2.39. The molecule has 3 aliphatic rings. The Morgan fingerprint density at radius 3 is 2.67 bits per heavy atom. The Labute approximate surface area is 142 Å². The molecule has 1 spiro atoms. The molecule has 0 aromatic heterocycles. The lowest BCUT2D eigenvalue weighted by Gasteiger charge is -2.35. The van der Waals surface area contributed by atoms with Crippen molar-refractivity contribution in [3.05, 3.63) is 12.2 Å². The second kappa shape index (κ2) is 6.95. The summed E-state index contributed by atoms with van der Waals surface area (Å²) in [4.78, 5) is 40.0. The molecule has 0 aromatic rings. The molecule has 1 saturated carbocycles. The highest BCUT2D eigenvalue weighted by Gasteiger charge is 2.55. The lowest BCUT2D eigenvalue weighted by molar-refractivity contribution is -0.149. The summed E-state index contributed by atoms with van der Waals surface area (Å²) in [6.07, 6.45) is 11.5. The number of amides is 3. The molecule has 1 heterocycles. The molecule has 2 aliphatic carbocycles. The summed E-state index contributed by atoms with van der Waals surface area (Å²) in [6.45, 7) is 0.0900. The fraction of sp³-hybridized carbons (Fsp3) is 0.722. The standard InChI is InChI=1S/C18H26N2O4/c1-19-17(23)20(16(22)18(19)10-6-3-7-11-18)12-15(21)24-13-14-8-4-2-5-9-14/h2,4,14H,3,5-13H2,1H3. The van der Waals surface area contributed by atoms with Crippen LogP contribution >= 0.6 is 0 Å². The minimum absolute atomic E-state index is 0.229. The fourth-order valence-electron chi connectivity index (χ4n) is 4.06. The van der Waals surface area contributed by atoms with Crippen molar-refractivity contribution in [2.24, 2.45) is 5.92 Å². The highest BCUT2D eigenvalue weighted by atomic mass is 16.5. The first kappa shape index (κ1) is 17.0. The van der Waals surface area contributed by atoms with Crippen molar-refractivity contribution in [2.45, 2.75) is 56.9 Å². The van der Waals surface area contributed by atoms with Crippen LogP contribution in [0, 0.1) is 5.92 Å². The SMILES string of the molecule is CN1C(=O)N(CC(=O)OCC2CC=CCC2)C(=O)C12CCCCC2. The number of esters is 1. The first-order chi connectivity index (χ1) is 11.5. The number of urea groups is 1. The minimum atomic E-state index is -0.732. The van der Waals surface area contributed by atoms with Crippen LogP contribution in [0.15, 0.2) is 12.2 Å². The molecule has 0 N–H and O–H groups in total. The average molecular weight is 334 g/mol. The molecule has 3 rings (SSSR count). The zero-order valence-corrected chi connectivity index (χ0v) is 14.3. The van der Waals surface area contributed by atoms with Gasteiger partial charge in [-0.1, -0.05) is 31.4 Å². The van der Waals surface area contributed by atoms with Crippen molar-refractivity contribution in [1.29, 1.82) is 0 Å². The van der Waals surface area contributed by atoms with E-state index in [1.165, 1.54) is 4.90 Å². The molecule has 0 bridgehead atoms. The molecular formula is C18H26N2O4. The Balaban J connectivity index is 1.58. The van der Waals surface area contributed by atoms with Gasteiger partial charge >= 0.3 is 12.0 Å². The normalized spacial score (nSPS) is 26.3. The number of allylic oxidation sites excluding steroid dienone is 2. The third-order valence-corrected chi connectivity index (χ3v) is 5.63. The Hall–Kier alpha value is -1.85. The third kappa shape index (κ3) is 3.06. The van der Waals surface area contributed by atoms with E-state index >= 15 is 0 Å². The van der Waals surface area contributed by atoms with E-state index < -0.39 is 11.5 Å². The molecule has 0 radical (unpaired) electrons. The predicted molar refractivity (Wildman–Crippen MR) is 88.1 cm³/mol. The maximum absolute atomic E-state index is 12.8. The van der Waals surface area contributed by atoms with Crippen LogP contribution in [0.3, 0.4) is 0 Å². The summed E-state index contributed by atoms with van der Waals surface area (Å²) >= 11 is 0. The van der Waals surface area contributed by atoms with Gasteiger partial charge in [-0.15, -0.1) is 0 Å². The molecule has 6 nitrogen and oxygen atoms in total. The number of imide groups is 1. The Kier molecular flexibility index (Phi) is 4.92. The topological polar surface area (TPSA) is 66.9 Å². The van der Waals surface area contributed by atoms with E-state index in [4.69, 9.17) is 4.74 Å². The van der Waals surface area contributed by atoms with Gasteiger partial charge in [0.1, 0.15) is 12.1 Å². The zero-order chi connectivity index (χ0) is 17.2. The van der Waals surface area contributed by atoms with E-state index in [2.05, 4.69) is 12.2 Å². The number of hydrogen-bond acceptors (Lipinski definition) is 4. The second-order valence-electron chi connectivity index (χ2n) is 7.16. The molecule has 3 amide bonds. The van der Waals surface area contributed by atoms with Crippen LogP contribution in [-0.4, -0.2) is 53.4 Å². The molecule has 1 aliphatic heterocycles. The van der Waals surface area contributed by atoms with Crippen molar-refractivity contribution < 1.29 is 19.1 Å². The van der Waals surface area contributed by atoms with Gasteiger partial charge in [0.2, 0.25) is 0 Å². The molecular weight excluding hydrogens is 308 g/mol. The molecule has 24 heavy (non-hydrogen) atoms. The molecule has 132 valence electrons. The van der Waals surface area contributed by atoms with Crippen LogP contribution in [0.5, 0.6) is 0 Å². The van der Waals surface area contributed by atoms with Crippen molar-refractivity contribution in [3.8, 4) is 0 Å². The van der Waals surface area contributed by atoms with Crippen LogP contribution in [0.2, 0.25) is 0 Å². The summed E-state index contributed by atoms with van der Waals surface area (Å²) < 4.78 is 5.31. The number of hydrogen-bond donors (Lipinski definition) is 0. The molecule has 6 heteroatoms. The largest absolute Gasteiger partial charge is 0.464 e. The van der Waals surface area contributed by atoms with E-state index in [9.17, 15) is 14.4 Å². The summed E-state index contributed by atoms with van der Waals surface area (Å²) in [5, 5.41) is 0. The van der Waals surface area contributed by atoms with Gasteiger partial charge in [0, 0.05) is 7.05 Å². The van der Waals surface area contributed by atoms with Crippen LogP contribution in [-0.2, 0) is 14.3 Å². The van der Waals surface area contributed by atoms with E-state index in [-0.39, 0.29) is 18.5 Å². The first-order valence-electron chi connectivity index (χ1n) is 8.95. The number of carbonyl (C=O) groups is 3. The molecule has 0 aromatic carbocycles. The van der Waals surface area contributed by atoms with E-state index in [1.54, 1.807) is 7.05 Å². The number of likely N-dealkylation sites (N-methyl/N-ethyl adjacent to an activating group) is 1. The van der Waals surface area contributed by atoms with Crippen LogP contribution < -0.4 is 0 Å². The van der Waals surface area contributed by atoms with Crippen LogP contribution in [0.1, 0.15) is 51.4 Å². The van der Waals surface area contributed by atoms with E-state index in [0.29, 0.717) is 25.4 Å². The third-order valence-electron chi connectivity index (χ3n) is 5.63. The van der Waals surface area contributed by atoms with Gasteiger partial charge in [-0.25, -0.2) is 4.79 Å². The number of carbonyl (C=O) groups excluding carboxylic acids is 3. The number of ether oxygens (including phenoxy) is 1. The summed E-state index contributed by atoms with van der Waals surface area (Å²) in [6, 6.07) is -0.376. The van der Waals surface area contributed by atoms with Gasteiger partial charge < -0.3 is 9.64 Å². The maximum atomic E-state index is 12.8. The molecule has 1 atom stereocenters. The van der Waals surface area contributed by atoms with Gasteiger partial charge in [-0.05, 0) is 38.0 Å². The van der Waals surface area contributed by atoms with E-state index in [1.807, 2.05) is 0 Å². The van der Waals surface area contributed by atoms with Crippen molar-refractivity contribution >= 4 is 17.9 Å².